The van der Waals surface area contributed by atoms with Gasteiger partial charge in [-0.05, 0) is 19.4 Å². The first-order valence-electron chi connectivity index (χ1n) is 7.52. The number of aromatic nitrogens is 3. The number of nitrogens with zero attached hydrogens (tertiary/aromatic N) is 3. The van der Waals surface area contributed by atoms with Crippen molar-refractivity contribution in [3.8, 4) is 11.1 Å². The van der Waals surface area contributed by atoms with Crippen molar-refractivity contribution in [2.45, 2.75) is 20.0 Å². The summed E-state index contributed by atoms with van der Waals surface area (Å²) in [5.41, 5.74) is -0.263. The summed E-state index contributed by atoms with van der Waals surface area (Å²) in [6, 6.07) is 8.88. The molecule has 0 saturated heterocycles. The van der Waals surface area contributed by atoms with Gasteiger partial charge in [-0.25, -0.2) is 14.3 Å². The number of esters is 1. The van der Waals surface area contributed by atoms with E-state index in [1.807, 2.05) is 0 Å². The third kappa shape index (κ3) is 2.95. The van der Waals surface area contributed by atoms with Crippen molar-refractivity contribution in [3.63, 3.8) is 0 Å². The fourth-order valence-electron chi connectivity index (χ4n) is 2.66. The number of halogens is 3. The average Bonchev–Trinajstić information content (AvgIpc) is 2.89. The molecule has 3 rings (SSSR count). The quantitative estimate of drug-likeness (QED) is 0.673. The Hall–Kier alpha value is -2.90. The molecule has 0 fully saturated rings. The van der Waals surface area contributed by atoms with Crippen molar-refractivity contribution in [1.29, 1.82) is 0 Å². The molecule has 0 bridgehead atoms. The molecule has 0 atom stereocenters. The minimum atomic E-state index is -4.80. The number of carbonyl (C=O) groups is 1. The van der Waals surface area contributed by atoms with Crippen LogP contribution in [0.1, 0.15) is 28.7 Å². The summed E-state index contributed by atoms with van der Waals surface area (Å²) in [5, 5.41) is 3.99. The van der Waals surface area contributed by atoms with Crippen molar-refractivity contribution >= 4 is 11.6 Å². The minimum Gasteiger partial charge on any atom is -0.462 e. The Kier molecular flexibility index (Phi) is 4.20. The number of benzene rings is 1. The third-order valence-electron chi connectivity index (χ3n) is 3.65. The van der Waals surface area contributed by atoms with Crippen molar-refractivity contribution in [2.24, 2.45) is 0 Å². The maximum absolute atomic E-state index is 13.6. The molecule has 2 heterocycles. The Balaban J connectivity index is 2.33. The van der Waals surface area contributed by atoms with E-state index in [4.69, 9.17) is 4.74 Å². The van der Waals surface area contributed by atoms with E-state index in [0.717, 1.165) is 6.20 Å². The fraction of sp³-hybridized carbons (Fsp3) is 0.235. The molecule has 1 aromatic carbocycles. The van der Waals surface area contributed by atoms with E-state index >= 15 is 0 Å². The Morgan fingerprint density at radius 3 is 2.52 bits per heavy atom. The topological polar surface area (TPSA) is 56.5 Å². The van der Waals surface area contributed by atoms with E-state index in [1.54, 1.807) is 37.3 Å². The summed E-state index contributed by atoms with van der Waals surface area (Å²) >= 11 is 0. The number of aryl methyl sites for hydroxylation is 1. The first kappa shape index (κ1) is 16.9. The van der Waals surface area contributed by atoms with E-state index in [2.05, 4.69) is 10.1 Å². The van der Waals surface area contributed by atoms with Gasteiger partial charge in [-0.3, -0.25) is 0 Å². The van der Waals surface area contributed by atoms with Gasteiger partial charge in [0.2, 0.25) is 0 Å². The zero-order chi connectivity index (χ0) is 18.2. The number of ether oxygens (including phenoxy) is 1. The van der Waals surface area contributed by atoms with Crippen LogP contribution in [0, 0.1) is 6.92 Å². The summed E-state index contributed by atoms with van der Waals surface area (Å²) in [5.74, 6) is -1.08. The van der Waals surface area contributed by atoms with Gasteiger partial charge >= 0.3 is 12.1 Å². The van der Waals surface area contributed by atoms with Crippen LogP contribution >= 0.6 is 0 Å². The second kappa shape index (κ2) is 6.19. The minimum absolute atomic E-state index is 0.0315. The van der Waals surface area contributed by atoms with Gasteiger partial charge in [-0.15, -0.1) is 0 Å². The molecule has 0 amide bonds. The van der Waals surface area contributed by atoms with Crippen molar-refractivity contribution in [1.82, 2.24) is 14.6 Å². The summed E-state index contributed by atoms with van der Waals surface area (Å²) in [6.07, 6.45) is -3.90. The van der Waals surface area contributed by atoms with Gasteiger partial charge in [0.05, 0.1) is 12.3 Å². The van der Waals surface area contributed by atoms with Gasteiger partial charge < -0.3 is 4.74 Å². The van der Waals surface area contributed by atoms with E-state index in [9.17, 15) is 18.0 Å². The molecule has 25 heavy (non-hydrogen) atoms. The van der Waals surface area contributed by atoms with Gasteiger partial charge in [0, 0.05) is 11.8 Å². The summed E-state index contributed by atoms with van der Waals surface area (Å²) in [7, 11) is 0. The lowest BCUT2D eigenvalue weighted by Crippen LogP contribution is -2.21. The van der Waals surface area contributed by atoms with E-state index in [1.165, 1.54) is 6.92 Å². The lowest BCUT2D eigenvalue weighted by Gasteiger charge is -2.13. The molecule has 0 aliphatic heterocycles. The highest BCUT2D eigenvalue weighted by atomic mass is 19.4. The summed E-state index contributed by atoms with van der Waals surface area (Å²) < 4.78 is 46.3. The molecule has 0 radical (unpaired) electrons. The fourth-order valence-corrected chi connectivity index (χ4v) is 2.66. The normalized spacial score (nSPS) is 11.7. The SMILES string of the molecule is CCOC(=O)c1cnc2c(-c3ccccc3)c(C)nn2c1C(F)(F)F. The van der Waals surface area contributed by atoms with Crippen molar-refractivity contribution in [2.75, 3.05) is 6.61 Å². The Bertz CT molecular complexity index is 934. The molecular formula is C17H14F3N3O2. The largest absolute Gasteiger partial charge is 0.462 e. The number of rotatable bonds is 3. The predicted molar refractivity (Wildman–Crippen MR) is 84.1 cm³/mol. The molecule has 2 aromatic heterocycles. The highest BCUT2D eigenvalue weighted by Gasteiger charge is 2.40. The second-order valence-electron chi connectivity index (χ2n) is 5.30. The molecule has 5 nitrogen and oxygen atoms in total. The zero-order valence-corrected chi connectivity index (χ0v) is 13.5. The molecule has 0 aliphatic carbocycles. The van der Waals surface area contributed by atoms with E-state index in [-0.39, 0.29) is 12.3 Å². The lowest BCUT2D eigenvalue weighted by atomic mass is 10.1. The number of fused-ring (bicyclic) bond motifs is 1. The van der Waals surface area contributed by atoms with Crippen LogP contribution in [0.4, 0.5) is 13.2 Å². The van der Waals surface area contributed by atoms with Crippen LogP contribution < -0.4 is 0 Å². The average molecular weight is 349 g/mol. The molecule has 0 unspecified atom stereocenters. The highest BCUT2D eigenvalue weighted by molar-refractivity contribution is 5.91. The first-order valence-corrected chi connectivity index (χ1v) is 7.52. The summed E-state index contributed by atoms with van der Waals surface area (Å²) in [6.45, 7) is 3.07. The molecule has 8 heteroatoms. The maximum atomic E-state index is 13.6. The molecule has 130 valence electrons. The first-order chi connectivity index (χ1) is 11.8. The highest BCUT2D eigenvalue weighted by Crippen LogP contribution is 2.35. The van der Waals surface area contributed by atoms with Gasteiger partial charge in [0.1, 0.15) is 5.56 Å². The van der Waals surface area contributed by atoms with Crippen LogP contribution in [0.2, 0.25) is 0 Å². The molecule has 0 spiro atoms. The Morgan fingerprint density at radius 2 is 1.92 bits per heavy atom. The van der Waals surface area contributed by atoms with Crippen LogP contribution in [0.15, 0.2) is 36.5 Å². The van der Waals surface area contributed by atoms with Crippen LogP contribution in [-0.2, 0) is 10.9 Å². The maximum Gasteiger partial charge on any atom is 0.434 e. The number of carbonyl (C=O) groups excluding carboxylic acids is 1. The molecule has 3 aromatic rings. The summed E-state index contributed by atoms with van der Waals surface area (Å²) in [4.78, 5) is 16.0. The third-order valence-corrected chi connectivity index (χ3v) is 3.65. The molecule has 0 N–H and O–H groups in total. The molecule has 0 aliphatic rings. The van der Waals surface area contributed by atoms with Crippen LogP contribution in [0.5, 0.6) is 0 Å². The van der Waals surface area contributed by atoms with Crippen LogP contribution in [0.3, 0.4) is 0 Å². The zero-order valence-electron chi connectivity index (χ0n) is 13.5. The van der Waals surface area contributed by atoms with Crippen molar-refractivity contribution in [3.05, 3.63) is 53.5 Å². The monoisotopic (exact) mass is 349 g/mol. The lowest BCUT2D eigenvalue weighted by molar-refractivity contribution is -0.143. The number of alkyl halides is 3. The Morgan fingerprint density at radius 1 is 1.24 bits per heavy atom. The Labute approximate surface area is 141 Å². The van der Waals surface area contributed by atoms with E-state index < -0.39 is 23.4 Å². The predicted octanol–water partition coefficient (Wildman–Crippen LogP) is 3.90. The second-order valence-corrected chi connectivity index (χ2v) is 5.30. The standard InChI is InChI=1S/C17H14F3N3O2/c1-3-25-16(24)12-9-21-15-13(11-7-5-4-6-8-11)10(2)22-23(15)14(12)17(18,19)20/h4-9H,3H2,1-2H3. The molecular weight excluding hydrogens is 335 g/mol. The van der Waals surface area contributed by atoms with Crippen molar-refractivity contribution < 1.29 is 22.7 Å². The number of hydrogen-bond donors (Lipinski definition) is 0. The van der Waals surface area contributed by atoms with Crippen LogP contribution in [0.25, 0.3) is 16.8 Å². The molecule has 0 saturated carbocycles. The smallest absolute Gasteiger partial charge is 0.434 e. The van der Waals surface area contributed by atoms with Gasteiger partial charge in [0.25, 0.3) is 0 Å². The van der Waals surface area contributed by atoms with Gasteiger partial charge in [-0.1, -0.05) is 30.3 Å². The number of hydrogen-bond acceptors (Lipinski definition) is 4. The van der Waals surface area contributed by atoms with Crippen LogP contribution in [-0.4, -0.2) is 27.2 Å². The van der Waals surface area contributed by atoms with Gasteiger partial charge in [-0.2, -0.15) is 18.3 Å². The van der Waals surface area contributed by atoms with E-state index in [0.29, 0.717) is 21.3 Å². The van der Waals surface area contributed by atoms with Gasteiger partial charge in [0.15, 0.2) is 11.3 Å².